The van der Waals surface area contributed by atoms with Crippen LogP contribution in [-0.2, 0) is 10.2 Å². The van der Waals surface area contributed by atoms with Crippen LogP contribution >= 0.6 is 0 Å². The highest BCUT2D eigenvalue weighted by atomic mass is 16.2. The number of hydrogen-bond donors (Lipinski definition) is 2. The van der Waals surface area contributed by atoms with Gasteiger partial charge in [-0.1, -0.05) is 47.7 Å². The summed E-state index contributed by atoms with van der Waals surface area (Å²) in [5, 5.41) is 10.7. The summed E-state index contributed by atoms with van der Waals surface area (Å²) in [6.07, 6.45) is 1.48. The molecule has 0 radical (unpaired) electrons. The van der Waals surface area contributed by atoms with Gasteiger partial charge in [-0.2, -0.15) is 0 Å². The molecule has 1 heterocycles. The van der Waals surface area contributed by atoms with E-state index in [1.807, 2.05) is 75.4 Å². The zero-order valence-corrected chi connectivity index (χ0v) is 16.1. The van der Waals surface area contributed by atoms with Gasteiger partial charge in [0.1, 0.15) is 0 Å². The predicted octanol–water partition coefficient (Wildman–Crippen LogP) is 2.52. The molecule has 0 aliphatic rings. The lowest BCUT2D eigenvalue weighted by molar-refractivity contribution is -0.126. The first-order valence-corrected chi connectivity index (χ1v) is 8.98. The van der Waals surface area contributed by atoms with Gasteiger partial charge in [-0.25, -0.2) is 4.68 Å². The van der Waals surface area contributed by atoms with E-state index >= 15 is 0 Å². The number of amides is 2. The molecule has 2 amide bonds. The van der Waals surface area contributed by atoms with Crippen LogP contribution in [0.5, 0.6) is 0 Å². The number of nitrogens with zero attached hydrogens (tertiary/aromatic N) is 3. The van der Waals surface area contributed by atoms with Crippen LogP contribution < -0.4 is 11.1 Å². The highest BCUT2D eigenvalue weighted by Gasteiger charge is 2.30. The number of benzene rings is 2. The molecule has 0 aliphatic carbocycles. The summed E-state index contributed by atoms with van der Waals surface area (Å²) < 4.78 is 1.48. The molecule has 7 heteroatoms. The van der Waals surface area contributed by atoms with E-state index in [0.717, 1.165) is 16.8 Å². The Hall–Kier alpha value is -3.48. The van der Waals surface area contributed by atoms with Gasteiger partial charge in [0.05, 0.1) is 23.3 Å². The molecule has 0 fully saturated rings. The Labute approximate surface area is 163 Å². The van der Waals surface area contributed by atoms with E-state index < -0.39 is 11.3 Å². The molecule has 2 aromatic carbocycles. The lowest BCUT2D eigenvalue weighted by atomic mass is 9.83. The first kappa shape index (κ1) is 19.3. The predicted molar refractivity (Wildman–Crippen MR) is 106 cm³/mol. The summed E-state index contributed by atoms with van der Waals surface area (Å²) in [5.41, 5.74) is 7.33. The van der Waals surface area contributed by atoms with Crippen molar-refractivity contribution in [1.82, 2.24) is 20.3 Å². The number of rotatable bonds is 6. The molecule has 1 aromatic heterocycles. The number of carbonyl (C=O) groups is 2. The fraction of sp³-hybridized carbons (Fsp3) is 0.238. The molecule has 1 unspecified atom stereocenters. The summed E-state index contributed by atoms with van der Waals surface area (Å²) in [4.78, 5) is 24.0. The van der Waals surface area contributed by atoms with Gasteiger partial charge in [0.15, 0.2) is 5.69 Å². The number of nitrogens with one attached hydrogen (secondary N) is 1. The van der Waals surface area contributed by atoms with Gasteiger partial charge in [0, 0.05) is 0 Å². The third-order valence-corrected chi connectivity index (χ3v) is 4.81. The minimum atomic E-state index is -0.638. The molecule has 0 saturated carbocycles. The van der Waals surface area contributed by atoms with Gasteiger partial charge < -0.3 is 11.1 Å². The molecule has 28 heavy (non-hydrogen) atoms. The van der Waals surface area contributed by atoms with Crippen molar-refractivity contribution in [2.45, 2.75) is 32.2 Å². The molecule has 1 atom stereocenters. The van der Waals surface area contributed by atoms with E-state index in [1.165, 1.54) is 10.9 Å². The van der Waals surface area contributed by atoms with Crippen molar-refractivity contribution in [3.8, 4) is 5.69 Å². The van der Waals surface area contributed by atoms with Crippen molar-refractivity contribution < 1.29 is 9.59 Å². The molecule has 144 valence electrons. The zero-order chi connectivity index (χ0) is 20.3. The van der Waals surface area contributed by atoms with Crippen LogP contribution in [0.2, 0.25) is 0 Å². The summed E-state index contributed by atoms with van der Waals surface area (Å²) in [6, 6.07) is 17.0. The van der Waals surface area contributed by atoms with Gasteiger partial charge >= 0.3 is 0 Å². The zero-order valence-electron chi connectivity index (χ0n) is 16.1. The smallest absolute Gasteiger partial charge is 0.270 e. The van der Waals surface area contributed by atoms with Crippen molar-refractivity contribution in [2.24, 2.45) is 5.73 Å². The Morgan fingerprint density at radius 3 is 2.29 bits per heavy atom. The molecular formula is C21H23N5O2. The molecule has 7 nitrogen and oxygen atoms in total. The second-order valence-electron chi connectivity index (χ2n) is 7.19. The molecule has 0 aliphatic heterocycles. The number of nitrogens with two attached hydrogens (primary N) is 1. The van der Waals surface area contributed by atoms with E-state index in [0.29, 0.717) is 0 Å². The van der Waals surface area contributed by atoms with Crippen molar-refractivity contribution in [1.29, 1.82) is 0 Å². The van der Waals surface area contributed by atoms with E-state index in [2.05, 4.69) is 15.6 Å². The fourth-order valence-electron chi connectivity index (χ4n) is 2.86. The normalized spacial score (nSPS) is 12.4. The van der Waals surface area contributed by atoms with Crippen molar-refractivity contribution in [3.63, 3.8) is 0 Å². The van der Waals surface area contributed by atoms with Crippen LogP contribution in [0, 0.1) is 0 Å². The standard InChI is InChI=1S/C21H23N5O2/c1-14(23-20(28)21(2,3)16-7-5-4-6-8-16)15-9-11-17(12-10-15)26-13-18(19(22)27)24-25-26/h4-14H,1-3H3,(H2,22,27)(H,23,28). The molecule has 0 spiro atoms. The van der Waals surface area contributed by atoms with Gasteiger partial charge in [-0.15, -0.1) is 5.10 Å². The highest BCUT2D eigenvalue weighted by molar-refractivity contribution is 5.90. The minimum absolute atomic E-state index is 0.0438. The van der Waals surface area contributed by atoms with Crippen LogP contribution in [-0.4, -0.2) is 26.8 Å². The third kappa shape index (κ3) is 3.93. The average Bonchev–Trinajstić information content (AvgIpc) is 3.19. The summed E-state index contributed by atoms with van der Waals surface area (Å²) >= 11 is 0. The van der Waals surface area contributed by atoms with Crippen LogP contribution in [0.4, 0.5) is 0 Å². The SMILES string of the molecule is CC(NC(=O)C(C)(C)c1ccccc1)c1ccc(-n2cc(C(N)=O)nn2)cc1. The van der Waals surface area contributed by atoms with E-state index in [1.54, 1.807) is 0 Å². The van der Waals surface area contributed by atoms with Gasteiger partial charge in [-0.05, 0) is 44.0 Å². The van der Waals surface area contributed by atoms with Crippen molar-refractivity contribution in [2.75, 3.05) is 0 Å². The van der Waals surface area contributed by atoms with Gasteiger partial charge in [0.2, 0.25) is 5.91 Å². The molecule has 0 saturated heterocycles. The maximum atomic E-state index is 12.8. The molecule has 3 rings (SSSR count). The van der Waals surface area contributed by atoms with Crippen molar-refractivity contribution >= 4 is 11.8 Å². The summed E-state index contributed by atoms with van der Waals surface area (Å²) in [5.74, 6) is -0.669. The third-order valence-electron chi connectivity index (χ3n) is 4.81. The lowest BCUT2D eigenvalue weighted by Gasteiger charge is -2.26. The molecule has 3 aromatic rings. The molecule has 0 bridgehead atoms. The van der Waals surface area contributed by atoms with Crippen molar-refractivity contribution in [3.05, 3.63) is 77.6 Å². The number of hydrogen-bond acceptors (Lipinski definition) is 4. The minimum Gasteiger partial charge on any atom is -0.364 e. The summed E-state index contributed by atoms with van der Waals surface area (Å²) in [6.45, 7) is 5.76. The van der Waals surface area contributed by atoms with E-state index in [9.17, 15) is 9.59 Å². The maximum Gasteiger partial charge on any atom is 0.270 e. The van der Waals surface area contributed by atoms with Gasteiger partial charge in [0.25, 0.3) is 5.91 Å². The Morgan fingerprint density at radius 1 is 1.07 bits per heavy atom. The lowest BCUT2D eigenvalue weighted by Crippen LogP contribution is -2.41. The van der Waals surface area contributed by atoms with Crippen LogP contribution in [0.1, 0.15) is 48.4 Å². The monoisotopic (exact) mass is 377 g/mol. The quantitative estimate of drug-likeness (QED) is 0.689. The first-order chi connectivity index (χ1) is 13.3. The fourth-order valence-corrected chi connectivity index (χ4v) is 2.86. The van der Waals surface area contributed by atoms with Crippen LogP contribution in [0.15, 0.2) is 60.8 Å². The Morgan fingerprint density at radius 2 is 1.71 bits per heavy atom. The number of primary amides is 1. The Kier molecular flexibility index (Phi) is 5.26. The number of aromatic nitrogens is 3. The van der Waals surface area contributed by atoms with E-state index in [-0.39, 0.29) is 17.6 Å². The first-order valence-electron chi connectivity index (χ1n) is 8.98. The second kappa shape index (κ2) is 7.64. The largest absolute Gasteiger partial charge is 0.364 e. The van der Waals surface area contributed by atoms with E-state index in [4.69, 9.17) is 5.73 Å². The second-order valence-corrected chi connectivity index (χ2v) is 7.19. The number of carbonyl (C=O) groups excluding carboxylic acids is 2. The Bertz CT molecular complexity index is 978. The van der Waals surface area contributed by atoms with Crippen LogP contribution in [0.3, 0.4) is 0 Å². The molecular weight excluding hydrogens is 354 g/mol. The average molecular weight is 377 g/mol. The van der Waals surface area contributed by atoms with Gasteiger partial charge in [-0.3, -0.25) is 9.59 Å². The summed E-state index contributed by atoms with van der Waals surface area (Å²) in [7, 11) is 0. The maximum absolute atomic E-state index is 12.8. The topological polar surface area (TPSA) is 103 Å². The molecule has 3 N–H and O–H groups in total. The highest BCUT2D eigenvalue weighted by Crippen LogP contribution is 2.25. The Balaban J connectivity index is 1.71. The van der Waals surface area contributed by atoms with Crippen LogP contribution in [0.25, 0.3) is 5.69 Å².